The zero-order chi connectivity index (χ0) is 24.4. The number of fused-ring (bicyclic) bond motifs is 1. The van der Waals surface area contributed by atoms with Crippen molar-refractivity contribution in [3.63, 3.8) is 0 Å². The van der Waals surface area contributed by atoms with Crippen molar-refractivity contribution < 1.29 is 15.0 Å². The molecule has 2 aliphatic rings. The van der Waals surface area contributed by atoms with Gasteiger partial charge in [0.25, 0.3) is 5.91 Å². The van der Waals surface area contributed by atoms with Crippen molar-refractivity contribution in [2.24, 2.45) is 5.41 Å². The third kappa shape index (κ3) is 5.27. The fraction of sp³-hybridized carbons (Fsp3) is 0.433. The van der Waals surface area contributed by atoms with Crippen LogP contribution in [0.2, 0.25) is 0 Å². The van der Waals surface area contributed by atoms with Gasteiger partial charge in [-0.15, -0.1) is 0 Å². The van der Waals surface area contributed by atoms with E-state index in [-0.39, 0.29) is 11.9 Å². The molecule has 3 aromatic rings. The van der Waals surface area contributed by atoms with Crippen LogP contribution in [-0.2, 0) is 0 Å². The molecule has 0 saturated heterocycles. The second-order valence-corrected chi connectivity index (χ2v) is 10.6. The zero-order valence-electron chi connectivity index (χ0n) is 20.4. The van der Waals surface area contributed by atoms with E-state index in [0.717, 1.165) is 19.3 Å². The number of carbonyl (C=O) groups excluding carboxylic acids is 1. The topological polar surface area (TPSA) is 81.6 Å². The Labute approximate surface area is 207 Å². The Morgan fingerprint density at radius 1 is 1.00 bits per heavy atom. The second-order valence-electron chi connectivity index (χ2n) is 10.6. The van der Waals surface area contributed by atoms with Crippen LogP contribution in [0.4, 0.5) is 0 Å². The van der Waals surface area contributed by atoms with Crippen molar-refractivity contribution in [1.29, 1.82) is 0 Å². The number of hydrogen-bond acceptors (Lipinski definition) is 4. The molecule has 5 rings (SSSR count). The molecule has 3 aromatic carbocycles. The van der Waals surface area contributed by atoms with Gasteiger partial charge in [0, 0.05) is 29.6 Å². The summed E-state index contributed by atoms with van der Waals surface area (Å²) in [5.74, 6) is 0.327. The quantitative estimate of drug-likeness (QED) is 0.346. The fourth-order valence-corrected chi connectivity index (χ4v) is 5.67. The molecule has 0 aliphatic heterocycles. The minimum absolute atomic E-state index is 0.157. The molecule has 0 spiro atoms. The summed E-state index contributed by atoms with van der Waals surface area (Å²) < 4.78 is 0. The van der Waals surface area contributed by atoms with Crippen LogP contribution in [-0.4, -0.2) is 35.0 Å². The van der Waals surface area contributed by atoms with Gasteiger partial charge in [0.1, 0.15) is 0 Å². The van der Waals surface area contributed by atoms with E-state index in [0.29, 0.717) is 24.1 Å². The van der Waals surface area contributed by atoms with Crippen LogP contribution in [0.5, 0.6) is 0 Å². The number of amides is 1. The average Bonchev–Trinajstić information content (AvgIpc) is 3.69. The molecule has 5 heteroatoms. The first-order chi connectivity index (χ1) is 16.9. The Morgan fingerprint density at radius 3 is 2.49 bits per heavy atom. The molecular weight excluding hydrogens is 436 g/mol. The molecular formula is C30H36N2O3. The summed E-state index contributed by atoms with van der Waals surface area (Å²) in [4.78, 5) is 12.5. The molecule has 0 bridgehead atoms. The first-order valence-corrected chi connectivity index (χ1v) is 12.9. The number of benzene rings is 3. The number of hydrogen-bond donors (Lipinski definition) is 4. The SMILES string of the molecule is CC(NC1CCC[C@H](c2ccc(C(=O)NCC3(C(O)O)CC3)cc2)C1)c1cccc2ccccc12. The average molecular weight is 473 g/mol. The fourth-order valence-electron chi connectivity index (χ4n) is 5.67. The Morgan fingerprint density at radius 2 is 1.74 bits per heavy atom. The lowest BCUT2D eigenvalue weighted by atomic mass is 9.80. The second kappa shape index (κ2) is 10.1. The van der Waals surface area contributed by atoms with Crippen LogP contribution < -0.4 is 10.6 Å². The van der Waals surface area contributed by atoms with Crippen LogP contribution in [0.1, 0.15) is 78.9 Å². The van der Waals surface area contributed by atoms with E-state index < -0.39 is 11.7 Å². The number of aliphatic hydroxyl groups excluding tert-OH is 1. The Kier molecular flexibility index (Phi) is 6.92. The van der Waals surface area contributed by atoms with E-state index in [4.69, 9.17) is 0 Å². The highest BCUT2D eigenvalue weighted by Gasteiger charge is 2.48. The zero-order valence-corrected chi connectivity index (χ0v) is 20.4. The molecule has 2 aliphatic carbocycles. The van der Waals surface area contributed by atoms with Crippen molar-refractivity contribution >= 4 is 16.7 Å². The maximum Gasteiger partial charge on any atom is 0.251 e. The molecule has 0 aromatic heterocycles. The van der Waals surface area contributed by atoms with Crippen LogP contribution in [0.25, 0.3) is 10.8 Å². The minimum atomic E-state index is -1.37. The standard InChI is InChI=1S/C30H36N2O3/c1-20(26-11-5-7-22-6-2-3-10-27(22)26)32-25-9-4-8-24(18-25)21-12-14-23(15-13-21)28(33)31-19-30(16-17-30)29(34)35/h2-3,5-7,10-15,20,24-25,29,32,34-35H,4,8-9,16-19H2,1H3,(H,31,33)/t20?,24-,25?/m0/s1. The molecule has 5 nitrogen and oxygen atoms in total. The number of nitrogens with one attached hydrogen (secondary N) is 2. The van der Waals surface area contributed by atoms with Gasteiger partial charge in [0.15, 0.2) is 6.29 Å². The van der Waals surface area contributed by atoms with Gasteiger partial charge < -0.3 is 20.8 Å². The first-order valence-electron chi connectivity index (χ1n) is 12.9. The van der Waals surface area contributed by atoms with E-state index >= 15 is 0 Å². The van der Waals surface area contributed by atoms with Gasteiger partial charge in [-0.1, -0.05) is 61.0 Å². The van der Waals surface area contributed by atoms with E-state index in [9.17, 15) is 15.0 Å². The molecule has 2 fully saturated rings. The van der Waals surface area contributed by atoms with Gasteiger partial charge in [-0.05, 0) is 79.0 Å². The molecule has 35 heavy (non-hydrogen) atoms. The molecule has 4 N–H and O–H groups in total. The summed E-state index contributed by atoms with van der Waals surface area (Å²) >= 11 is 0. The predicted molar refractivity (Wildman–Crippen MR) is 139 cm³/mol. The van der Waals surface area contributed by atoms with Gasteiger partial charge in [-0.2, -0.15) is 0 Å². The highest BCUT2D eigenvalue weighted by molar-refractivity contribution is 5.94. The van der Waals surface area contributed by atoms with E-state index in [1.54, 1.807) is 0 Å². The summed E-state index contributed by atoms with van der Waals surface area (Å²) in [6.07, 6.45) is 4.74. The van der Waals surface area contributed by atoms with Gasteiger partial charge in [0.2, 0.25) is 0 Å². The summed E-state index contributed by atoms with van der Waals surface area (Å²) in [5.41, 5.74) is 2.70. The highest BCUT2D eigenvalue weighted by Crippen LogP contribution is 2.47. The minimum Gasteiger partial charge on any atom is -0.368 e. The van der Waals surface area contributed by atoms with Crippen molar-refractivity contribution in [2.75, 3.05) is 6.54 Å². The Balaban J connectivity index is 1.19. The maximum atomic E-state index is 12.5. The lowest BCUT2D eigenvalue weighted by Crippen LogP contribution is -2.36. The lowest BCUT2D eigenvalue weighted by molar-refractivity contribution is -0.0935. The van der Waals surface area contributed by atoms with Crippen LogP contribution in [0.15, 0.2) is 66.7 Å². The monoisotopic (exact) mass is 472 g/mol. The third-order valence-electron chi connectivity index (χ3n) is 8.14. The van der Waals surface area contributed by atoms with Crippen molar-refractivity contribution in [1.82, 2.24) is 10.6 Å². The van der Waals surface area contributed by atoms with Gasteiger partial charge in [-0.25, -0.2) is 0 Å². The third-order valence-corrected chi connectivity index (χ3v) is 8.14. The largest absolute Gasteiger partial charge is 0.368 e. The molecule has 1 amide bonds. The molecule has 184 valence electrons. The van der Waals surface area contributed by atoms with E-state index in [1.807, 2.05) is 12.1 Å². The maximum absolute atomic E-state index is 12.5. The first kappa shape index (κ1) is 24.0. The molecule has 2 saturated carbocycles. The van der Waals surface area contributed by atoms with Crippen molar-refractivity contribution in [3.05, 3.63) is 83.4 Å². The number of rotatable bonds is 8. The summed E-state index contributed by atoms with van der Waals surface area (Å²) in [6, 6.07) is 23.8. The Hall–Kier alpha value is -2.73. The molecule has 0 radical (unpaired) electrons. The molecule has 0 heterocycles. The van der Waals surface area contributed by atoms with Gasteiger partial charge in [0.05, 0.1) is 0 Å². The highest BCUT2D eigenvalue weighted by atomic mass is 16.5. The van der Waals surface area contributed by atoms with Crippen molar-refractivity contribution in [2.45, 2.75) is 69.7 Å². The van der Waals surface area contributed by atoms with Crippen LogP contribution in [0, 0.1) is 5.41 Å². The summed E-state index contributed by atoms with van der Waals surface area (Å²) in [5, 5.41) is 28.4. The van der Waals surface area contributed by atoms with Crippen LogP contribution in [0.3, 0.4) is 0 Å². The van der Waals surface area contributed by atoms with E-state index in [1.165, 1.54) is 41.2 Å². The number of carbonyl (C=O) groups is 1. The summed E-state index contributed by atoms with van der Waals surface area (Å²) in [6.45, 7) is 2.57. The molecule has 3 atom stereocenters. The summed E-state index contributed by atoms with van der Waals surface area (Å²) in [7, 11) is 0. The number of aliphatic hydroxyl groups is 2. The molecule has 2 unspecified atom stereocenters. The lowest BCUT2D eigenvalue weighted by Gasteiger charge is -2.32. The van der Waals surface area contributed by atoms with Gasteiger partial charge in [-0.3, -0.25) is 4.79 Å². The predicted octanol–water partition coefficient (Wildman–Crippen LogP) is 5.04. The van der Waals surface area contributed by atoms with Gasteiger partial charge >= 0.3 is 0 Å². The smallest absolute Gasteiger partial charge is 0.251 e. The van der Waals surface area contributed by atoms with E-state index in [2.05, 4.69) is 72.2 Å². The van der Waals surface area contributed by atoms with Crippen molar-refractivity contribution in [3.8, 4) is 0 Å². The normalized spacial score (nSPS) is 22.2. The Bertz CT molecular complexity index is 1160. The van der Waals surface area contributed by atoms with Crippen LogP contribution >= 0.6 is 0 Å².